The highest BCUT2D eigenvalue weighted by atomic mass is 35.5. The van der Waals surface area contributed by atoms with Gasteiger partial charge in [0.05, 0.1) is 12.1 Å². The first-order valence-corrected chi connectivity index (χ1v) is 11.9. The van der Waals surface area contributed by atoms with Crippen LogP contribution in [0, 0.1) is 6.92 Å². The fourth-order valence-corrected chi connectivity index (χ4v) is 4.29. The number of carbonyl (C=O) groups is 3. The van der Waals surface area contributed by atoms with Gasteiger partial charge in [-0.3, -0.25) is 14.6 Å². The molecule has 9 heteroatoms. The number of amides is 2. The quantitative estimate of drug-likeness (QED) is 0.541. The minimum Gasteiger partial charge on any atom is -0.444 e. The van der Waals surface area contributed by atoms with E-state index in [9.17, 15) is 14.4 Å². The van der Waals surface area contributed by atoms with Gasteiger partial charge in [0, 0.05) is 48.3 Å². The molecule has 0 bridgehead atoms. The molecule has 1 aliphatic heterocycles. The second kappa shape index (κ2) is 9.70. The van der Waals surface area contributed by atoms with E-state index < -0.39 is 5.60 Å². The molecule has 1 aromatic carbocycles. The lowest BCUT2D eigenvalue weighted by Crippen LogP contribution is -2.52. The van der Waals surface area contributed by atoms with Gasteiger partial charge in [-0.15, -0.1) is 0 Å². The third-order valence-corrected chi connectivity index (χ3v) is 6.09. The van der Waals surface area contributed by atoms with Gasteiger partial charge in [0.25, 0.3) is 0 Å². The Kier molecular flexibility index (Phi) is 6.85. The fraction of sp³-hybridized carbons (Fsp3) is 0.385. The number of nitrogens with zero attached hydrogens (tertiary/aromatic N) is 3. The molecule has 3 heterocycles. The molecule has 0 spiro atoms. The molecule has 2 amide bonds. The minimum atomic E-state index is -0.574. The second-order valence-corrected chi connectivity index (χ2v) is 10.2. The van der Waals surface area contributed by atoms with Crippen molar-refractivity contribution < 1.29 is 19.1 Å². The van der Waals surface area contributed by atoms with E-state index in [4.69, 9.17) is 16.3 Å². The zero-order chi connectivity index (χ0) is 25.3. The number of piperazine rings is 1. The molecule has 0 radical (unpaired) electrons. The van der Waals surface area contributed by atoms with Crippen molar-refractivity contribution in [1.82, 2.24) is 19.8 Å². The number of rotatable bonds is 4. The van der Waals surface area contributed by atoms with Crippen LogP contribution in [0.4, 0.5) is 4.79 Å². The second-order valence-electron chi connectivity index (χ2n) is 9.74. The number of benzene rings is 1. The molecule has 0 unspecified atom stereocenters. The van der Waals surface area contributed by atoms with Crippen molar-refractivity contribution >= 4 is 40.3 Å². The topological polar surface area (TPSA) is 95.6 Å². The van der Waals surface area contributed by atoms with Crippen molar-refractivity contribution in [3.05, 3.63) is 64.1 Å². The van der Waals surface area contributed by atoms with Gasteiger partial charge >= 0.3 is 6.09 Å². The number of aromatic amines is 1. The molecule has 1 fully saturated rings. The largest absolute Gasteiger partial charge is 0.444 e. The lowest BCUT2D eigenvalue weighted by molar-refractivity contribution is -0.132. The number of fused-ring (bicyclic) bond motifs is 1. The molecule has 3 aromatic rings. The van der Waals surface area contributed by atoms with Gasteiger partial charge in [0.1, 0.15) is 11.3 Å². The van der Waals surface area contributed by atoms with Crippen molar-refractivity contribution in [3.8, 4) is 0 Å². The van der Waals surface area contributed by atoms with Gasteiger partial charge in [-0.25, -0.2) is 4.79 Å². The predicted octanol–water partition coefficient (Wildman–Crippen LogP) is 4.38. The summed E-state index contributed by atoms with van der Waals surface area (Å²) >= 11 is 6.24. The molecule has 1 N–H and O–H groups in total. The highest BCUT2D eigenvalue weighted by Gasteiger charge is 2.29. The van der Waals surface area contributed by atoms with Crippen molar-refractivity contribution in [2.75, 3.05) is 26.2 Å². The number of pyridine rings is 1. The van der Waals surface area contributed by atoms with E-state index in [1.807, 2.05) is 33.8 Å². The first-order chi connectivity index (χ1) is 16.5. The van der Waals surface area contributed by atoms with E-state index >= 15 is 0 Å². The summed E-state index contributed by atoms with van der Waals surface area (Å²) in [7, 11) is 0. The van der Waals surface area contributed by atoms with Crippen LogP contribution in [0.2, 0.25) is 5.02 Å². The molecule has 0 atom stereocenters. The molecular weight excluding hydrogens is 468 g/mol. The Bertz CT molecular complexity index is 1290. The number of carbonyl (C=O) groups excluding carboxylic acids is 3. The summed E-state index contributed by atoms with van der Waals surface area (Å²) in [5.41, 5.74) is 2.31. The van der Waals surface area contributed by atoms with Gasteiger partial charge in [-0.1, -0.05) is 11.6 Å². The molecule has 184 valence electrons. The lowest BCUT2D eigenvalue weighted by Gasteiger charge is -2.35. The summed E-state index contributed by atoms with van der Waals surface area (Å²) in [5, 5.41) is 1.25. The number of nitrogens with one attached hydrogen (secondary N) is 1. The van der Waals surface area contributed by atoms with Gasteiger partial charge in [0.15, 0.2) is 0 Å². The number of hydrogen-bond donors (Lipinski definition) is 1. The molecule has 1 aliphatic rings. The van der Waals surface area contributed by atoms with Crippen molar-refractivity contribution in [2.24, 2.45) is 0 Å². The Hall–Kier alpha value is -3.39. The maximum Gasteiger partial charge on any atom is 0.410 e. The van der Waals surface area contributed by atoms with Crippen LogP contribution in [0.3, 0.4) is 0 Å². The van der Waals surface area contributed by atoms with Gasteiger partial charge in [0.2, 0.25) is 11.7 Å². The molecular formula is C26H29ClN4O4. The average Bonchev–Trinajstić information content (AvgIpc) is 3.15. The highest BCUT2D eigenvalue weighted by molar-refractivity contribution is 6.31. The summed E-state index contributed by atoms with van der Waals surface area (Å²) in [6.45, 7) is 8.92. The lowest BCUT2D eigenvalue weighted by atomic mass is 10.0. The minimum absolute atomic E-state index is 0.0274. The van der Waals surface area contributed by atoms with Gasteiger partial charge in [-0.05, 0) is 69.2 Å². The smallest absolute Gasteiger partial charge is 0.410 e. The Balaban J connectivity index is 1.55. The standard InChI is InChI=1S/C26H29ClN4O4/c1-16-7-8-28-21(13-16)24(33)23-19(18-14-17(27)5-6-20(18)29-23)15-22(32)30-9-11-31(12-10-30)25(34)35-26(2,3)4/h5-8,13-14,29H,9-12,15H2,1-4H3. The first-order valence-electron chi connectivity index (χ1n) is 11.5. The van der Waals surface area contributed by atoms with Crippen LogP contribution >= 0.6 is 11.6 Å². The average molecular weight is 497 g/mol. The molecule has 0 aliphatic carbocycles. The van der Waals surface area contributed by atoms with Crippen LogP contribution in [-0.4, -0.2) is 69.3 Å². The molecule has 8 nitrogen and oxygen atoms in total. The summed E-state index contributed by atoms with van der Waals surface area (Å²) in [4.78, 5) is 49.7. The summed E-state index contributed by atoms with van der Waals surface area (Å²) in [6.07, 6.45) is 1.24. The zero-order valence-electron chi connectivity index (χ0n) is 20.4. The highest BCUT2D eigenvalue weighted by Crippen LogP contribution is 2.28. The van der Waals surface area contributed by atoms with Crippen molar-refractivity contribution in [2.45, 2.75) is 39.7 Å². The number of ether oxygens (including phenoxy) is 1. The maximum absolute atomic E-state index is 13.4. The van der Waals surface area contributed by atoms with Crippen LogP contribution in [0.25, 0.3) is 10.9 Å². The number of H-pyrrole nitrogens is 1. The number of hydrogen-bond acceptors (Lipinski definition) is 5. The Morgan fingerprint density at radius 2 is 1.74 bits per heavy atom. The number of aryl methyl sites for hydroxylation is 1. The van der Waals surface area contributed by atoms with E-state index in [-0.39, 0.29) is 24.2 Å². The Morgan fingerprint density at radius 3 is 2.40 bits per heavy atom. The number of ketones is 1. The van der Waals surface area contributed by atoms with Crippen LogP contribution in [-0.2, 0) is 16.0 Å². The van der Waals surface area contributed by atoms with Gasteiger partial charge < -0.3 is 19.5 Å². The number of halogens is 1. The monoisotopic (exact) mass is 496 g/mol. The Morgan fingerprint density at radius 1 is 1.06 bits per heavy atom. The van der Waals surface area contributed by atoms with Crippen LogP contribution in [0.1, 0.15) is 48.1 Å². The van der Waals surface area contributed by atoms with E-state index in [0.717, 1.165) is 16.5 Å². The van der Waals surface area contributed by atoms with Crippen molar-refractivity contribution in [1.29, 1.82) is 0 Å². The zero-order valence-corrected chi connectivity index (χ0v) is 21.1. The van der Waals surface area contributed by atoms with Crippen LogP contribution in [0.15, 0.2) is 36.5 Å². The molecule has 35 heavy (non-hydrogen) atoms. The van der Waals surface area contributed by atoms with Crippen LogP contribution < -0.4 is 0 Å². The van der Waals surface area contributed by atoms with E-state index in [1.165, 1.54) is 0 Å². The predicted molar refractivity (Wildman–Crippen MR) is 134 cm³/mol. The summed E-state index contributed by atoms with van der Waals surface area (Å²) < 4.78 is 5.43. The first kappa shape index (κ1) is 24.7. The molecule has 4 rings (SSSR count). The maximum atomic E-state index is 13.4. The van der Waals surface area contributed by atoms with E-state index in [1.54, 1.807) is 40.3 Å². The molecule has 2 aromatic heterocycles. The summed E-state index contributed by atoms with van der Waals surface area (Å²) in [5.74, 6) is -0.403. The van der Waals surface area contributed by atoms with E-state index in [2.05, 4.69) is 9.97 Å². The molecule has 0 saturated carbocycles. The fourth-order valence-electron chi connectivity index (χ4n) is 4.11. The summed E-state index contributed by atoms with van der Waals surface area (Å²) in [6, 6.07) is 8.84. The van der Waals surface area contributed by atoms with E-state index in [0.29, 0.717) is 48.2 Å². The normalized spacial score (nSPS) is 14.3. The third kappa shape index (κ3) is 5.65. The number of aromatic nitrogens is 2. The SMILES string of the molecule is Cc1ccnc(C(=O)c2[nH]c3ccc(Cl)cc3c2CC(=O)N2CCN(C(=O)OC(C)(C)C)CC2)c1. The van der Waals surface area contributed by atoms with Crippen molar-refractivity contribution in [3.63, 3.8) is 0 Å². The Labute approximate surface area is 209 Å². The third-order valence-electron chi connectivity index (χ3n) is 5.86. The van der Waals surface area contributed by atoms with Crippen LogP contribution in [0.5, 0.6) is 0 Å². The molecule has 1 saturated heterocycles. The van der Waals surface area contributed by atoms with Gasteiger partial charge in [-0.2, -0.15) is 0 Å².